The van der Waals surface area contributed by atoms with E-state index in [0.717, 1.165) is 0 Å². The van der Waals surface area contributed by atoms with Gasteiger partial charge in [0.1, 0.15) is 60.0 Å². The Bertz CT molecular complexity index is 872. The van der Waals surface area contributed by atoms with Gasteiger partial charge in [0, 0.05) is 5.92 Å². The molecule has 6 fully saturated rings. The molecule has 2 aliphatic carbocycles. The summed E-state index contributed by atoms with van der Waals surface area (Å²) >= 11 is 0. The average molecular weight is 456 g/mol. The monoisotopic (exact) mass is 456 g/mol. The molecule has 0 radical (unpaired) electrons. The SMILES string of the molecule is C=C(C)[C@@H]1[C@H]2OC(=O)[C@@H]1[C@]1(O)[C@H]3O[C@H]3[C@]3(CO3)[C@]1(C)[C@@H]2O[C@@H]1O[C@H](CO)[C@@H](O)[C@H](O)[C@H]1O. The Morgan fingerprint density at radius 1 is 1.19 bits per heavy atom. The first-order chi connectivity index (χ1) is 15.0. The summed E-state index contributed by atoms with van der Waals surface area (Å²) in [4.78, 5) is 13.0. The molecule has 11 heteroatoms. The fourth-order valence-corrected chi connectivity index (χ4v) is 6.99. The minimum absolute atomic E-state index is 0.298. The normalized spacial score (nSPS) is 61.8. The third-order valence-corrected chi connectivity index (χ3v) is 8.81. The van der Waals surface area contributed by atoms with Gasteiger partial charge in [-0.25, -0.2) is 0 Å². The smallest absolute Gasteiger partial charge is 0.313 e. The zero-order valence-corrected chi connectivity index (χ0v) is 17.7. The number of rotatable bonds is 4. The Morgan fingerprint density at radius 2 is 1.88 bits per heavy atom. The van der Waals surface area contributed by atoms with Crippen molar-refractivity contribution in [3.05, 3.63) is 12.2 Å². The number of hydrogen-bond donors (Lipinski definition) is 5. The van der Waals surface area contributed by atoms with Crippen molar-refractivity contribution in [2.45, 2.75) is 80.2 Å². The number of aliphatic hydroxyl groups excluding tert-OH is 4. The highest BCUT2D eigenvalue weighted by Gasteiger charge is 2.95. The van der Waals surface area contributed by atoms with Crippen molar-refractivity contribution >= 4 is 5.97 Å². The zero-order valence-electron chi connectivity index (χ0n) is 17.7. The lowest BCUT2D eigenvalue weighted by molar-refractivity contribution is -0.345. The molecule has 4 aliphatic heterocycles. The molecule has 6 rings (SSSR count). The molecule has 178 valence electrons. The molecule has 0 unspecified atom stereocenters. The van der Waals surface area contributed by atoms with E-state index in [1.807, 2.05) is 0 Å². The summed E-state index contributed by atoms with van der Waals surface area (Å²) < 4.78 is 29.1. The summed E-state index contributed by atoms with van der Waals surface area (Å²) in [7, 11) is 0. The van der Waals surface area contributed by atoms with Crippen molar-refractivity contribution in [3.63, 3.8) is 0 Å². The highest BCUT2D eigenvalue weighted by Crippen LogP contribution is 2.76. The Hall–Kier alpha value is -1.15. The summed E-state index contributed by atoms with van der Waals surface area (Å²) in [5, 5.41) is 52.5. The van der Waals surface area contributed by atoms with Crippen LogP contribution in [0.4, 0.5) is 0 Å². The van der Waals surface area contributed by atoms with E-state index in [2.05, 4.69) is 6.58 Å². The molecule has 6 aliphatic rings. The van der Waals surface area contributed by atoms with E-state index in [-0.39, 0.29) is 0 Å². The van der Waals surface area contributed by atoms with E-state index < -0.39 is 96.2 Å². The van der Waals surface area contributed by atoms with Crippen LogP contribution in [0.1, 0.15) is 13.8 Å². The van der Waals surface area contributed by atoms with Crippen molar-refractivity contribution in [2.24, 2.45) is 17.3 Å². The second kappa shape index (κ2) is 6.29. The summed E-state index contributed by atoms with van der Waals surface area (Å²) in [5.74, 6) is -2.07. The second-order valence-corrected chi connectivity index (χ2v) is 10.2. The van der Waals surface area contributed by atoms with Crippen LogP contribution in [-0.4, -0.2) is 111 Å². The van der Waals surface area contributed by atoms with Crippen LogP contribution in [-0.2, 0) is 28.5 Å². The molecular weight excluding hydrogens is 428 g/mol. The predicted octanol–water partition coefficient (Wildman–Crippen LogP) is -2.79. The van der Waals surface area contributed by atoms with E-state index in [9.17, 15) is 30.3 Å². The van der Waals surface area contributed by atoms with Crippen LogP contribution < -0.4 is 0 Å². The molecule has 14 atom stereocenters. The number of aliphatic hydroxyl groups is 5. The fourth-order valence-electron chi connectivity index (χ4n) is 6.99. The summed E-state index contributed by atoms with van der Waals surface area (Å²) in [5.41, 5.74) is -3.12. The van der Waals surface area contributed by atoms with Crippen molar-refractivity contribution < 1.29 is 54.0 Å². The van der Waals surface area contributed by atoms with Gasteiger partial charge in [0.2, 0.25) is 0 Å². The topological polar surface area (TPSA) is 171 Å². The Balaban J connectivity index is 1.44. The molecule has 5 N–H and O–H groups in total. The van der Waals surface area contributed by atoms with Crippen molar-refractivity contribution in [2.75, 3.05) is 13.2 Å². The van der Waals surface area contributed by atoms with Gasteiger partial charge in [-0.15, -0.1) is 0 Å². The van der Waals surface area contributed by atoms with Gasteiger partial charge < -0.3 is 49.2 Å². The lowest BCUT2D eigenvalue weighted by atomic mass is 9.52. The largest absolute Gasteiger partial charge is 0.459 e. The third-order valence-electron chi connectivity index (χ3n) is 8.81. The molecule has 4 saturated heterocycles. The minimum Gasteiger partial charge on any atom is -0.459 e. The molecule has 0 aromatic carbocycles. The van der Waals surface area contributed by atoms with Crippen LogP contribution in [0.3, 0.4) is 0 Å². The van der Waals surface area contributed by atoms with Crippen LogP contribution in [0.5, 0.6) is 0 Å². The Labute approximate surface area is 183 Å². The first kappa shape index (κ1) is 21.4. The summed E-state index contributed by atoms with van der Waals surface area (Å²) in [6.07, 6.45) is -10.4. The average Bonchev–Trinajstić information content (AvgIpc) is 3.64. The van der Waals surface area contributed by atoms with Crippen LogP contribution in [0.25, 0.3) is 0 Å². The predicted molar refractivity (Wildman–Crippen MR) is 101 cm³/mol. The standard InChI is InChI=1S/C21H28O11/c1-6(2)8-9-17(26)30-13(8)14(32-18-12(25)11(24)10(23)7(4-22)29-18)19(3)20(5-28-20)15-16(31-15)21(9,19)27/h7-16,18,22-25,27H,1,4-5H2,2-3H3/t7-,8+,9-,10-,11+,12-,13-,14-,15-,16+,18+,19+,20-,21+/m1/s1. The minimum atomic E-state index is -1.68. The van der Waals surface area contributed by atoms with Gasteiger partial charge in [-0.1, -0.05) is 19.1 Å². The highest BCUT2D eigenvalue weighted by atomic mass is 16.7. The number of carbonyl (C=O) groups is 1. The Kier molecular flexibility index (Phi) is 4.20. The van der Waals surface area contributed by atoms with Gasteiger partial charge in [-0.2, -0.15) is 0 Å². The number of epoxide rings is 2. The zero-order chi connectivity index (χ0) is 23.0. The lowest BCUT2D eigenvalue weighted by Crippen LogP contribution is -2.72. The molecule has 2 saturated carbocycles. The lowest BCUT2D eigenvalue weighted by Gasteiger charge is -2.56. The van der Waals surface area contributed by atoms with Crippen molar-refractivity contribution in [1.82, 2.24) is 0 Å². The first-order valence-corrected chi connectivity index (χ1v) is 10.9. The van der Waals surface area contributed by atoms with Gasteiger partial charge in [-0.3, -0.25) is 4.79 Å². The highest BCUT2D eigenvalue weighted by molar-refractivity contribution is 5.80. The third kappa shape index (κ3) is 2.16. The van der Waals surface area contributed by atoms with E-state index in [0.29, 0.717) is 12.2 Å². The molecule has 0 amide bonds. The molecule has 11 nitrogen and oxygen atoms in total. The first-order valence-electron chi connectivity index (χ1n) is 10.9. The molecule has 32 heavy (non-hydrogen) atoms. The number of carbonyl (C=O) groups excluding carboxylic acids is 1. The molecule has 4 heterocycles. The van der Waals surface area contributed by atoms with E-state index in [1.54, 1.807) is 13.8 Å². The van der Waals surface area contributed by atoms with Gasteiger partial charge >= 0.3 is 5.97 Å². The maximum atomic E-state index is 13.0. The van der Waals surface area contributed by atoms with Crippen LogP contribution >= 0.6 is 0 Å². The van der Waals surface area contributed by atoms with Gasteiger partial charge in [-0.05, 0) is 6.92 Å². The number of esters is 1. The number of hydrogen-bond acceptors (Lipinski definition) is 11. The van der Waals surface area contributed by atoms with Crippen LogP contribution in [0.2, 0.25) is 0 Å². The summed E-state index contributed by atoms with van der Waals surface area (Å²) in [6, 6.07) is 0. The van der Waals surface area contributed by atoms with E-state index in [1.165, 1.54) is 0 Å². The van der Waals surface area contributed by atoms with Gasteiger partial charge in [0.15, 0.2) is 6.29 Å². The van der Waals surface area contributed by atoms with Gasteiger partial charge in [0.05, 0.1) is 24.5 Å². The number of fused-ring (bicyclic) bond motifs is 8. The second-order valence-electron chi connectivity index (χ2n) is 10.2. The molecular formula is C21H28O11. The van der Waals surface area contributed by atoms with Gasteiger partial charge in [0.25, 0.3) is 0 Å². The molecule has 1 spiro atoms. The van der Waals surface area contributed by atoms with Crippen molar-refractivity contribution in [1.29, 1.82) is 0 Å². The van der Waals surface area contributed by atoms with Crippen LogP contribution in [0, 0.1) is 17.3 Å². The van der Waals surface area contributed by atoms with E-state index >= 15 is 0 Å². The molecule has 0 aromatic heterocycles. The Morgan fingerprint density at radius 3 is 2.47 bits per heavy atom. The maximum Gasteiger partial charge on any atom is 0.313 e. The maximum absolute atomic E-state index is 13.0. The summed E-state index contributed by atoms with van der Waals surface area (Å²) in [6.45, 7) is 7.19. The fraction of sp³-hybridized carbons (Fsp3) is 0.857. The number of ether oxygens (including phenoxy) is 5. The van der Waals surface area contributed by atoms with Crippen LogP contribution in [0.15, 0.2) is 12.2 Å². The molecule has 0 aromatic rings. The van der Waals surface area contributed by atoms with E-state index in [4.69, 9.17) is 23.7 Å². The quantitative estimate of drug-likeness (QED) is 0.168. The van der Waals surface area contributed by atoms with Crippen molar-refractivity contribution in [3.8, 4) is 0 Å². The molecule has 2 bridgehead atoms.